The minimum absolute atomic E-state index is 0.0894. The highest BCUT2D eigenvalue weighted by Gasteiger charge is 2.34. The number of thioether (sulfide) groups is 1. The lowest BCUT2D eigenvalue weighted by molar-refractivity contribution is -0.130. The van der Waals surface area contributed by atoms with Crippen molar-refractivity contribution in [3.8, 4) is 11.5 Å². The van der Waals surface area contributed by atoms with E-state index in [0.29, 0.717) is 24.5 Å². The van der Waals surface area contributed by atoms with Crippen LogP contribution in [0.3, 0.4) is 0 Å². The predicted octanol–water partition coefficient (Wildman–Crippen LogP) is 2.38. The number of nitrogens with zero attached hydrogens (tertiary/aromatic N) is 1. The first-order valence-corrected chi connectivity index (χ1v) is 8.82. The number of nitrogens with two attached hydrogens (primary N) is 1. The molecule has 1 aromatic carbocycles. The summed E-state index contributed by atoms with van der Waals surface area (Å²) >= 11 is 1.65. The van der Waals surface area contributed by atoms with Crippen molar-refractivity contribution in [1.29, 1.82) is 0 Å². The average Bonchev–Trinajstić information content (AvgIpc) is 2.97. The van der Waals surface area contributed by atoms with Crippen molar-refractivity contribution in [3.63, 3.8) is 0 Å². The van der Waals surface area contributed by atoms with Crippen molar-refractivity contribution in [1.82, 2.24) is 4.90 Å². The lowest BCUT2D eigenvalue weighted by Gasteiger charge is -2.22. The van der Waals surface area contributed by atoms with Gasteiger partial charge in [-0.05, 0) is 36.6 Å². The lowest BCUT2D eigenvalue weighted by Crippen LogP contribution is -2.34. The molecule has 0 spiro atoms. The van der Waals surface area contributed by atoms with Gasteiger partial charge < -0.3 is 20.1 Å². The second-order valence-electron chi connectivity index (χ2n) is 6.20. The van der Waals surface area contributed by atoms with Gasteiger partial charge in [-0.2, -0.15) is 0 Å². The molecule has 0 aromatic heterocycles. The van der Waals surface area contributed by atoms with Gasteiger partial charge in [-0.15, -0.1) is 11.8 Å². The van der Waals surface area contributed by atoms with Crippen LogP contribution in [0.2, 0.25) is 0 Å². The molecular formula is C17H26N2O3S. The monoisotopic (exact) mass is 338 g/mol. The highest BCUT2D eigenvalue weighted by molar-refractivity contribution is 7.99. The SMILES string of the molecule is COc1ccc(SCCC(=O)N2CCC(C)(CN)C2)cc1OC. The number of methoxy groups -OCH3 is 2. The van der Waals surface area contributed by atoms with Crippen molar-refractivity contribution in [2.75, 3.05) is 39.6 Å². The first kappa shape index (κ1) is 17.9. The number of carbonyl (C=O) groups is 1. The van der Waals surface area contributed by atoms with E-state index in [9.17, 15) is 4.79 Å². The minimum Gasteiger partial charge on any atom is -0.493 e. The second kappa shape index (κ2) is 7.93. The minimum atomic E-state index is 0.0894. The fraction of sp³-hybridized carbons (Fsp3) is 0.588. The number of carbonyl (C=O) groups excluding carboxylic acids is 1. The van der Waals surface area contributed by atoms with Gasteiger partial charge in [0, 0.05) is 30.2 Å². The molecule has 2 rings (SSSR count). The van der Waals surface area contributed by atoms with Crippen molar-refractivity contribution in [2.24, 2.45) is 11.1 Å². The molecule has 2 N–H and O–H groups in total. The number of hydrogen-bond donors (Lipinski definition) is 1. The van der Waals surface area contributed by atoms with Gasteiger partial charge in [0.15, 0.2) is 11.5 Å². The van der Waals surface area contributed by atoms with Gasteiger partial charge in [0.1, 0.15) is 0 Å². The Bertz CT molecular complexity index is 553. The zero-order valence-electron chi connectivity index (χ0n) is 14.1. The third-order valence-electron chi connectivity index (χ3n) is 4.34. The zero-order valence-corrected chi connectivity index (χ0v) is 14.9. The van der Waals surface area contributed by atoms with Crippen LogP contribution in [0.1, 0.15) is 19.8 Å². The van der Waals surface area contributed by atoms with Crippen LogP contribution in [0.5, 0.6) is 11.5 Å². The van der Waals surface area contributed by atoms with E-state index in [-0.39, 0.29) is 11.3 Å². The molecule has 1 aliphatic heterocycles. The van der Waals surface area contributed by atoms with E-state index >= 15 is 0 Å². The lowest BCUT2D eigenvalue weighted by atomic mass is 9.90. The summed E-state index contributed by atoms with van der Waals surface area (Å²) in [6.07, 6.45) is 1.54. The normalized spacial score (nSPS) is 20.6. The van der Waals surface area contributed by atoms with Crippen LogP contribution in [-0.4, -0.2) is 50.4 Å². The fourth-order valence-electron chi connectivity index (χ4n) is 2.72. The number of hydrogen-bond acceptors (Lipinski definition) is 5. The van der Waals surface area contributed by atoms with E-state index in [1.54, 1.807) is 26.0 Å². The third-order valence-corrected chi connectivity index (χ3v) is 5.34. The first-order valence-electron chi connectivity index (χ1n) is 7.84. The molecule has 128 valence electrons. The van der Waals surface area contributed by atoms with Gasteiger partial charge in [0.2, 0.25) is 5.91 Å². The second-order valence-corrected chi connectivity index (χ2v) is 7.36. The van der Waals surface area contributed by atoms with Gasteiger partial charge in [-0.1, -0.05) is 6.92 Å². The molecule has 1 saturated heterocycles. The highest BCUT2D eigenvalue weighted by atomic mass is 32.2. The Morgan fingerprint density at radius 2 is 2.09 bits per heavy atom. The summed E-state index contributed by atoms with van der Waals surface area (Å²) < 4.78 is 10.5. The average molecular weight is 338 g/mol. The predicted molar refractivity (Wildman–Crippen MR) is 93.2 cm³/mol. The van der Waals surface area contributed by atoms with Gasteiger partial charge in [0.25, 0.3) is 0 Å². The van der Waals surface area contributed by atoms with Crippen molar-refractivity contribution < 1.29 is 14.3 Å². The Balaban J connectivity index is 1.82. The molecule has 0 saturated carbocycles. The van der Waals surface area contributed by atoms with Crippen LogP contribution in [0, 0.1) is 5.41 Å². The third kappa shape index (κ3) is 4.54. The quantitative estimate of drug-likeness (QED) is 0.773. The molecule has 1 unspecified atom stereocenters. The molecule has 6 heteroatoms. The molecule has 5 nitrogen and oxygen atoms in total. The van der Waals surface area contributed by atoms with E-state index in [2.05, 4.69) is 6.92 Å². The molecule has 1 atom stereocenters. The van der Waals surface area contributed by atoms with E-state index in [1.807, 2.05) is 23.1 Å². The molecule has 0 bridgehead atoms. The number of likely N-dealkylation sites (tertiary alicyclic amines) is 1. The molecule has 23 heavy (non-hydrogen) atoms. The summed E-state index contributed by atoms with van der Waals surface area (Å²) in [6, 6.07) is 5.81. The van der Waals surface area contributed by atoms with Crippen molar-refractivity contribution >= 4 is 17.7 Å². The van der Waals surface area contributed by atoms with Crippen molar-refractivity contribution in [3.05, 3.63) is 18.2 Å². The van der Waals surface area contributed by atoms with E-state index < -0.39 is 0 Å². The molecule has 1 heterocycles. The van der Waals surface area contributed by atoms with Gasteiger partial charge >= 0.3 is 0 Å². The Hall–Kier alpha value is -1.40. The number of benzene rings is 1. The fourth-order valence-corrected chi connectivity index (χ4v) is 3.59. The number of amides is 1. The van der Waals surface area contributed by atoms with Gasteiger partial charge in [-0.25, -0.2) is 0 Å². The Morgan fingerprint density at radius 1 is 1.35 bits per heavy atom. The van der Waals surface area contributed by atoms with Crippen LogP contribution >= 0.6 is 11.8 Å². The standard InChI is InChI=1S/C17H26N2O3S/c1-17(11-18)7-8-19(12-17)16(20)6-9-23-13-4-5-14(21-2)15(10-13)22-3/h4-5,10H,6-9,11-12,18H2,1-3H3. The molecule has 1 fully saturated rings. The van der Waals surface area contributed by atoms with Gasteiger partial charge in [0.05, 0.1) is 14.2 Å². The summed E-state index contributed by atoms with van der Waals surface area (Å²) in [7, 11) is 3.24. The maximum absolute atomic E-state index is 12.3. The number of rotatable bonds is 7. The Kier molecular flexibility index (Phi) is 6.18. The summed E-state index contributed by atoms with van der Waals surface area (Å²) in [5.41, 5.74) is 5.88. The number of ether oxygens (including phenoxy) is 2. The van der Waals surface area contributed by atoms with Crippen LogP contribution in [0.15, 0.2) is 23.1 Å². The smallest absolute Gasteiger partial charge is 0.223 e. The van der Waals surface area contributed by atoms with Crippen LogP contribution < -0.4 is 15.2 Å². The summed E-state index contributed by atoms with van der Waals surface area (Å²) in [4.78, 5) is 15.3. The highest BCUT2D eigenvalue weighted by Crippen LogP contribution is 2.32. The maximum Gasteiger partial charge on any atom is 0.223 e. The molecule has 0 aliphatic carbocycles. The van der Waals surface area contributed by atoms with Crippen LogP contribution in [-0.2, 0) is 4.79 Å². The molecular weight excluding hydrogens is 312 g/mol. The summed E-state index contributed by atoms with van der Waals surface area (Å²) in [5.74, 6) is 2.40. The topological polar surface area (TPSA) is 64.8 Å². The zero-order chi connectivity index (χ0) is 16.9. The Morgan fingerprint density at radius 3 is 2.70 bits per heavy atom. The van der Waals surface area contributed by atoms with Crippen molar-refractivity contribution in [2.45, 2.75) is 24.7 Å². The van der Waals surface area contributed by atoms with Gasteiger partial charge in [-0.3, -0.25) is 4.79 Å². The first-order chi connectivity index (χ1) is 11.0. The summed E-state index contributed by atoms with van der Waals surface area (Å²) in [6.45, 7) is 4.40. The maximum atomic E-state index is 12.3. The molecule has 1 aliphatic rings. The molecule has 1 amide bonds. The Labute approximate surface area is 142 Å². The van der Waals surface area contributed by atoms with E-state index in [1.165, 1.54) is 0 Å². The summed E-state index contributed by atoms with van der Waals surface area (Å²) in [5, 5.41) is 0. The van der Waals surface area contributed by atoms with E-state index in [4.69, 9.17) is 15.2 Å². The van der Waals surface area contributed by atoms with Crippen LogP contribution in [0.4, 0.5) is 0 Å². The van der Waals surface area contributed by atoms with Crippen LogP contribution in [0.25, 0.3) is 0 Å². The van der Waals surface area contributed by atoms with E-state index in [0.717, 1.165) is 30.2 Å². The molecule has 0 radical (unpaired) electrons. The molecule has 1 aromatic rings. The largest absolute Gasteiger partial charge is 0.493 e.